The van der Waals surface area contributed by atoms with Gasteiger partial charge in [-0.1, -0.05) is 0 Å². The van der Waals surface area contributed by atoms with Gasteiger partial charge in [0.15, 0.2) is 0 Å². The number of hydrogen-bond acceptors (Lipinski definition) is 0. The quantitative estimate of drug-likeness (QED) is 0.294. The summed E-state index contributed by atoms with van der Waals surface area (Å²) in [5.41, 5.74) is 1.89. The van der Waals surface area contributed by atoms with Gasteiger partial charge >= 0.3 is 0 Å². The van der Waals surface area contributed by atoms with Crippen molar-refractivity contribution in [2.45, 2.75) is 0 Å². The lowest BCUT2D eigenvalue weighted by Crippen LogP contribution is -1.29. The molecule has 0 nitrogen and oxygen atoms in total. The molecule has 0 atom stereocenters. The third kappa shape index (κ3) is 116. The molecule has 0 heterocycles. The lowest BCUT2D eigenvalue weighted by Gasteiger charge is -1.29. The third-order valence-corrected chi connectivity index (χ3v) is 0. The van der Waals surface area contributed by atoms with Gasteiger partial charge in [0.2, 0.25) is 0 Å². The van der Waals surface area contributed by atoms with Crippen LogP contribution in [0, 0.1) is 0 Å². The van der Waals surface area contributed by atoms with Gasteiger partial charge in [-0.15, -0.1) is 25.4 Å². The van der Waals surface area contributed by atoms with E-state index in [1.54, 1.807) is 0 Å². The third-order valence-electron chi connectivity index (χ3n) is 0. The zero-order valence-corrected chi connectivity index (χ0v) is 5.70. The molecule has 0 amide bonds. The zero-order chi connectivity index (χ0) is 4.71. The molecule has 0 spiro atoms. The molecule has 0 saturated heterocycles. The summed E-state index contributed by atoms with van der Waals surface area (Å²) in [6.45, 7) is 9.42. The van der Waals surface area contributed by atoms with Crippen LogP contribution in [0.15, 0.2) is 25.4 Å². The van der Waals surface area contributed by atoms with Crippen molar-refractivity contribution < 1.29 is 0 Å². The maximum Gasteiger partial charge on any atom is 0.0283 e. The summed E-state index contributed by atoms with van der Waals surface area (Å²) in [7, 11) is 1.13. The fourth-order valence-electron chi connectivity index (χ4n) is 0. The van der Waals surface area contributed by atoms with E-state index in [0.29, 0.717) is 0 Å². The van der Waals surface area contributed by atoms with Gasteiger partial charge in [-0.3, -0.25) is 0 Å². The minimum absolute atomic E-state index is 1.13. The van der Waals surface area contributed by atoms with Crippen molar-refractivity contribution >= 4 is 10.2 Å². The van der Waals surface area contributed by atoms with E-state index in [-0.39, 0.29) is 0 Å². The van der Waals surface area contributed by atoms with E-state index >= 15 is 0 Å². The largest absolute Gasteiger partial charge is 0.112 e. The molecule has 0 rings (SSSR count). The lowest BCUT2D eigenvalue weighted by atomic mass is 11.3. The highest BCUT2D eigenvalue weighted by atomic mass is 28.1. The normalized spacial score (nSPS) is 4.00. The Labute approximate surface area is 36.6 Å². The fraction of sp³-hybridized carbons (Fsp3) is 0. The second-order valence-electron chi connectivity index (χ2n) is 0.408. The first-order valence-electron chi connectivity index (χ1n) is 1.49. The van der Waals surface area contributed by atoms with E-state index in [1.165, 1.54) is 0 Å². The first-order chi connectivity index (χ1) is 2.41. The van der Waals surface area contributed by atoms with Gasteiger partial charge in [0.05, 0.1) is 0 Å². The summed E-state index contributed by atoms with van der Waals surface area (Å²) in [5, 5.41) is 0. The Morgan fingerprint density at radius 1 is 1.40 bits per heavy atom. The van der Waals surface area contributed by atoms with E-state index < -0.39 is 0 Å². The molecule has 0 aromatic heterocycles. The monoisotopic (exact) mass is 86.1 g/mol. The van der Waals surface area contributed by atoms with E-state index in [1.807, 2.05) is 5.70 Å². The fourth-order valence-corrected chi connectivity index (χ4v) is 0. The van der Waals surface area contributed by atoms with Crippen molar-refractivity contribution in [2.24, 2.45) is 0 Å². The van der Waals surface area contributed by atoms with Gasteiger partial charge < -0.3 is 0 Å². The van der Waals surface area contributed by atoms with Crippen LogP contribution in [-0.2, 0) is 0 Å². The standard InChI is InChI=1S/C2H6Si.C2H4/c1-2-3;1-2/h2H,1H2,3H3;1-2H2. The summed E-state index contributed by atoms with van der Waals surface area (Å²) in [4.78, 5) is 0. The van der Waals surface area contributed by atoms with Crippen molar-refractivity contribution in [2.75, 3.05) is 0 Å². The topological polar surface area (TPSA) is 0 Å². The van der Waals surface area contributed by atoms with Crippen LogP contribution in [0.25, 0.3) is 0 Å². The first kappa shape index (κ1) is 8.83. The van der Waals surface area contributed by atoms with Crippen LogP contribution in [0.1, 0.15) is 0 Å². The Bertz CT molecular complexity index is 17.6. The Hall–Kier alpha value is -0.303. The van der Waals surface area contributed by atoms with Crippen molar-refractivity contribution in [3.63, 3.8) is 0 Å². The zero-order valence-electron chi connectivity index (χ0n) is 3.70. The van der Waals surface area contributed by atoms with Crippen LogP contribution in [0.3, 0.4) is 0 Å². The molecular weight excluding hydrogens is 76.1 g/mol. The Morgan fingerprint density at radius 3 is 1.40 bits per heavy atom. The van der Waals surface area contributed by atoms with Crippen molar-refractivity contribution in [1.29, 1.82) is 0 Å². The molecule has 0 radical (unpaired) electrons. The van der Waals surface area contributed by atoms with Crippen molar-refractivity contribution in [3.8, 4) is 0 Å². The molecule has 0 bridgehead atoms. The predicted octanol–water partition coefficient (Wildman–Crippen LogP) is 0.297. The summed E-state index contributed by atoms with van der Waals surface area (Å²) < 4.78 is 0. The average molecular weight is 86.2 g/mol. The van der Waals surface area contributed by atoms with Crippen LogP contribution in [0.5, 0.6) is 0 Å². The summed E-state index contributed by atoms with van der Waals surface area (Å²) >= 11 is 0. The van der Waals surface area contributed by atoms with E-state index in [4.69, 9.17) is 0 Å². The molecule has 0 saturated carbocycles. The van der Waals surface area contributed by atoms with E-state index in [2.05, 4.69) is 19.7 Å². The maximum atomic E-state index is 3.42. The van der Waals surface area contributed by atoms with Crippen molar-refractivity contribution in [1.82, 2.24) is 0 Å². The maximum absolute atomic E-state index is 3.42. The number of rotatable bonds is 0. The van der Waals surface area contributed by atoms with Crippen LogP contribution in [0.4, 0.5) is 0 Å². The Balaban J connectivity index is 0. The highest BCUT2D eigenvalue weighted by Crippen LogP contribution is 1.24. The van der Waals surface area contributed by atoms with E-state index in [9.17, 15) is 0 Å². The minimum atomic E-state index is 1.13. The van der Waals surface area contributed by atoms with Crippen molar-refractivity contribution in [3.05, 3.63) is 25.4 Å². The van der Waals surface area contributed by atoms with Crippen LogP contribution in [-0.4, -0.2) is 10.2 Å². The van der Waals surface area contributed by atoms with Gasteiger partial charge in [-0.25, -0.2) is 0 Å². The van der Waals surface area contributed by atoms with Gasteiger partial charge in [0.1, 0.15) is 0 Å². The molecule has 30 valence electrons. The molecule has 0 fully saturated rings. The molecule has 0 aromatic carbocycles. The highest BCUT2D eigenvalue weighted by molar-refractivity contribution is 6.16. The summed E-state index contributed by atoms with van der Waals surface area (Å²) in [5.74, 6) is 0. The molecule has 1 heteroatoms. The second-order valence-corrected chi connectivity index (χ2v) is 1.22. The van der Waals surface area contributed by atoms with E-state index in [0.717, 1.165) is 10.2 Å². The van der Waals surface area contributed by atoms with Crippen LogP contribution in [0.2, 0.25) is 0 Å². The molecule has 0 aliphatic carbocycles. The Morgan fingerprint density at radius 2 is 1.40 bits per heavy atom. The molecule has 5 heavy (non-hydrogen) atoms. The summed E-state index contributed by atoms with van der Waals surface area (Å²) in [6, 6.07) is 0. The number of hydrogen-bond donors (Lipinski definition) is 0. The smallest absolute Gasteiger partial charge is 0.0283 e. The molecule has 0 aliphatic heterocycles. The predicted molar refractivity (Wildman–Crippen MR) is 31.4 cm³/mol. The molecule has 0 unspecified atom stereocenters. The molecule has 0 aliphatic rings. The highest BCUT2D eigenvalue weighted by Gasteiger charge is 1.16. The second kappa shape index (κ2) is 55.4. The Kier molecular flexibility index (Phi) is 97.7. The first-order valence-corrected chi connectivity index (χ1v) is 2.64. The summed E-state index contributed by atoms with van der Waals surface area (Å²) in [6.07, 6.45) is 0. The minimum Gasteiger partial charge on any atom is -0.112 e. The molecule has 0 N–H and O–H groups in total. The SMILES string of the molecule is C=C.C=C[SiH3]. The molecule has 0 aromatic rings. The van der Waals surface area contributed by atoms with Crippen LogP contribution >= 0.6 is 0 Å². The average Bonchev–Trinajstić information content (AvgIpc) is 1.46. The van der Waals surface area contributed by atoms with Gasteiger partial charge in [-0.2, -0.15) is 0 Å². The van der Waals surface area contributed by atoms with Gasteiger partial charge in [0.25, 0.3) is 0 Å². The van der Waals surface area contributed by atoms with Gasteiger partial charge in [0, 0.05) is 10.2 Å². The van der Waals surface area contributed by atoms with Crippen LogP contribution < -0.4 is 0 Å². The lowest BCUT2D eigenvalue weighted by molar-refractivity contribution is 2.63. The molecular formula is C4H10Si. The van der Waals surface area contributed by atoms with Gasteiger partial charge in [-0.05, 0) is 0 Å².